The average Bonchev–Trinajstić information content (AvgIpc) is 3.11. The summed E-state index contributed by atoms with van der Waals surface area (Å²) in [6.45, 7) is 2.33. The van der Waals surface area contributed by atoms with Gasteiger partial charge in [0.2, 0.25) is 0 Å². The number of benzene rings is 1. The van der Waals surface area contributed by atoms with Crippen molar-refractivity contribution < 1.29 is 4.79 Å². The maximum absolute atomic E-state index is 12.8. The molecule has 0 aliphatic rings. The number of carbonyl (C=O) groups is 1. The maximum atomic E-state index is 12.8. The van der Waals surface area contributed by atoms with Gasteiger partial charge >= 0.3 is 0 Å². The Kier molecular flexibility index (Phi) is 5.08. The third-order valence-corrected chi connectivity index (χ3v) is 5.62. The summed E-state index contributed by atoms with van der Waals surface area (Å²) < 4.78 is 0.803. The van der Waals surface area contributed by atoms with Crippen LogP contribution in [0.25, 0.3) is 10.9 Å². The molecule has 1 aromatic carbocycles. The van der Waals surface area contributed by atoms with Crippen LogP contribution < -0.4 is 5.32 Å². The van der Waals surface area contributed by atoms with Gasteiger partial charge in [-0.3, -0.25) is 9.78 Å². The molecule has 6 nitrogen and oxygen atoms in total. The highest BCUT2D eigenvalue weighted by molar-refractivity contribution is 8.01. The quantitative estimate of drug-likeness (QED) is 0.554. The second kappa shape index (κ2) is 7.81. The number of fused-ring (bicyclic) bond motifs is 1. The van der Waals surface area contributed by atoms with E-state index >= 15 is 0 Å². The molecule has 0 bridgehead atoms. The summed E-state index contributed by atoms with van der Waals surface area (Å²) in [4.78, 5) is 21.6. The normalized spacial score (nSPS) is 10.9. The number of rotatable bonds is 5. The first-order valence-corrected chi connectivity index (χ1v) is 9.87. The summed E-state index contributed by atoms with van der Waals surface area (Å²) >= 11 is 2.92. The standard InChI is InChI=1S/C19H15N5OS2/c1-12-23-24-19(26-12)27-17-9-15(14-6-2-3-7-16(14)22-17)18(25)21-11-13-5-4-8-20-10-13/h2-10H,11H2,1H3,(H,21,25). The fraction of sp³-hybridized carbons (Fsp3) is 0.105. The van der Waals surface area contributed by atoms with Crippen LogP contribution in [0.5, 0.6) is 0 Å². The Morgan fingerprint density at radius 3 is 2.85 bits per heavy atom. The van der Waals surface area contributed by atoms with Crippen LogP contribution in [0.3, 0.4) is 0 Å². The number of carbonyl (C=O) groups excluding carboxylic acids is 1. The van der Waals surface area contributed by atoms with E-state index < -0.39 is 0 Å². The smallest absolute Gasteiger partial charge is 0.252 e. The number of nitrogens with zero attached hydrogens (tertiary/aromatic N) is 4. The Bertz CT molecular complexity index is 1100. The third-order valence-electron chi connectivity index (χ3n) is 3.81. The topological polar surface area (TPSA) is 80.7 Å². The number of aryl methyl sites for hydroxylation is 1. The van der Waals surface area contributed by atoms with E-state index in [1.165, 1.54) is 23.1 Å². The number of aromatic nitrogens is 4. The predicted octanol–water partition coefficient (Wildman–Crippen LogP) is 3.87. The van der Waals surface area contributed by atoms with E-state index in [-0.39, 0.29) is 5.91 Å². The lowest BCUT2D eigenvalue weighted by molar-refractivity contribution is 0.0952. The second-order valence-corrected chi connectivity index (χ2v) is 8.21. The Morgan fingerprint density at radius 2 is 2.07 bits per heavy atom. The highest BCUT2D eigenvalue weighted by atomic mass is 32.2. The van der Waals surface area contributed by atoms with Gasteiger partial charge in [0.25, 0.3) is 5.91 Å². The lowest BCUT2D eigenvalue weighted by atomic mass is 10.1. The van der Waals surface area contributed by atoms with Gasteiger partial charge in [-0.15, -0.1) is 10.2 Å². The van der Waals surface area contributed by atoms with Crippen LogP contribution in [0.4, 0.5) is 0 Å². The second-order valence-electron chi connectivity index (χ2n) is 5.76. The molecular formula is C19H15N5OS2. The molecular weight excluding hydrogens is 378 g/mol. The zero-order chi connectivity index (χ0) is 18.6. The molecule has 0 radical (unpaired) electrons. The molecule has 0 saturated carbocycles. The van der Waals surface area contributed by atoms with Gasteiger partial charge in [0.15, 0.2) is 4.34 Å². The minimum atomic E-state index is -0.146. The molecule has 27 heavy (non-hydrogen) atoms. The lowest BCUT2D eigenvalue weighted by Gasteiger charge is -2.09. The molecule has 134 valence electrons. The average molecular weight is 393 g/mol. The van der Waals surface area contributed by atoms with Gasteiger partial charge in [0.1, 0.15) is 10.0 Å². The van der Waals surface area contributed by atoms with Crippen LogP contribution in [0.15, 0.2) is 64.2 Å². The summed E-state index contributed by atoms with van der Waals surface area (Å²) in [6, 6.07) is 13.2. The van der Waals surface area contributed by atoms with E-state index in [0.717, 1.165) is 30.8 Å². The van der Waals surface area contributed by atoms with Crippen LogP contribution in [0.1, 0.15) is 20.9 Å². The SMILES string of the molecule is Cc1nnc(Sc2cc(C(=O)NCc3cccnc3)c3ccccc3n2)s1. The largest absolute Gasteiger partial charge is 0.348 e. The molecule has 3 aromatic heterocycles. The molecule has 0 fully saturated rings. The first-order chi connectivity index (χ1) is 13.2. The van der Waals surface area contributed by atoms with E-state index in [1.54, 1.807) is 12.4 Å². The molecule has 0 aliphatic carbocycles. The fourth-order valence-corrected chi connectivity index (χ4v) is 4.36. The molecule has 0 saturated heterocycles. The molecule has 3 heterocycles. The Balaban J connectivity index is 1.64. The van der Waals surface area contributed by atoms with Crippen molar-refractivity contribution >= 4 is 39.9 Å². The molecule has 1 N–H and O–H groups in total. The zero-order valence-electron chi connectivity index (χ0n) is 14.4. The van der Waals surface area contributed by atoms with Gasteiger partial charge in [0, 0.05) is 24.3 Å². The number of para-hydroxylation sites is 1. The van der Waals surface area contributed by atoms with E-state index in [4.69, 9.17) is 0 Å². The van der Waals surface area contributed by atoms with Gasteiger partial charge in [-0.1, -0.05) is 35.6 Å². The monoisotopic (exact) mass is 393 g/mol. The van der Waals surface area contributed by atoms with Crippen molar-refractivity contribution in [3.05, 3.63) is 71.0 Å². The number of amides is 1. The van der Waals surface area contributed by atoms with E-state index in [9.17, 15) is 4.79 Å². The van der Waals surface area contributed by atoms with Crippen LogP contribution in [-0.2, 0) is 6.54 Å². The van der Waals surface area contributed by atoms with Crippen molar-refractivity contribution in [1.82, 2.24) is 25.5 Å². The van der Waals surface area contributed by atoms with Gasteiger partial charge in [0.05, 0.1) is 11.1 Å². The van der Waals surface area contributed by atoms with Crippen LogP contribution >= 0.6 is 23.1 Å². The summed E-state index contributed by atoms with van der Waals surface area (Å²) in [6.07, 6.45) is 3.45. The number of hydrogen-bond acceptors (Lipinski definition) is 7. The van der Waals surface area contributed by atoms with Crippen LogP contribution in [-0.4, -0.2) is 26.1 Å². The molecule has 4 aromatic rings. The van der Waals surface area contributed by atoms with Crippen molar-refractivity contribution in [3.8, 4) is 0 Å². The molecule has 0 aliphatic heterocycles. The third kappa shape index (κ3) is 4.12. The van der Waals surface area contributed by atoms with Gasteiger partial charge in [-0.2, -0.15) is 0 Å². The minimum Gasteiger partial charge on any atom is -0.348 e. The van der Waals surface area contributed by atoms with Crippen molar-refractivity contribution in [2.45, 2.75) is 22.8 Å². The van der Waals surface area contributed by atoms with Gasteiger partial charge in [-0.05, 0) is 42.4 Å². The molecule has 0 unspecified atom stereocenters. The van der Waals surface area contributed by atoms with Crippen molar-refractivity contribution in [3.63, 3.8) is 0 Å². The van der Waals surface area contributed by atoms with Crippen LogP contribution in [0.2, 0.25) is 0 Å². The summed E-state index contributed by atoms with van der Waals surface area (Å²) in [7, 11) is 0. The zero-order valence-corrected chi connectivity index (χ0v) is 16.0. The van der Waals surface area contributed by atoms with E-state index in [1.807, 2.05) is 49.4 Å². The Morgan fingerprint density at radius 1 is 1.19 bits per heavy atom. The van der Waals surface area contributed by atoms with Crippen molar-refractivity contribution in [2.24, 2.45) is 0 Å². The van der Waals surface area contributed by atoms with Gasteiger partial charge in [-0.25, -0.2) is 4.98 Å². The lowest BCUT2D eigenvalue weighted by Crippen LogP contribution is -2.23. The molecule has 1 amide bonds. The predicted molar refractivity (Wildman–Crippen MR) is 106 cm³/mol. The maximum Gasteiger partial charge on any atom is 0.252 e. The number of hydrogen-bond donors (Lipinski definition) is 1. The number of nitrogens with one attached hydrogen (secondary N) is 1. The first kappa shape index (κ1) is 17.6. The highest BCUT2D eigenvalue weighted by Crippen LogP contribution is 2.31. The molecule has 4 rings (SSSR count). The van der Waals surface area contributed by atoms with Crippen molar-refractivity contribution in [1.29, 1.82) is 0 Å². The van der Waals surface area contributed by atoms with Crippen molar-refractivity contribution in [2.75, 3.05) is 0 Å². The summed E-state index contributed by atoms with van der Waals surface area (Å²) in [5.41, 5.74) is 2.31. The highest BCUT2D eigenvalue weighted by Gasteiger charge is 2.14. The summed E-state index contributed by atoms with van der Waals surface area (Å²) in [5.74, 6) is -0.146. The minimum absolute atomic E-state index is 0.146. The Hall–Kier alpha value is -2.84. The van der Waals surface area contributed by atoms with E-state index in [0.29, 0.717) is 12.1 Å². The Labute approximate surface area is 164 Å². The van der Waals surface area contributed by atoms with E-state index in [2.05, 4.69) is 25.5 Å². The first-order valence-electron chi connectivity index (χ1n) is 8.24. The van der Waals surface area contributed by atoms with Crippen LogP contribution in [0, 0.1) is 6.92 Å². The van der Waals surface area contributed by atoms with Gasteiger partial charge < -0.3 is 5.32 Å². The fourth-order valence-electron chi connectivity index (χ4n) is 2.58. The number of pyridine rings is 2. The summed E-state index contributed by atoms with van der Waals surface area (Å²) in [5, 5.41) is 13.6. The molecule has 8 heteroatoms. The molecule has 0 spiro atoms. The molecule has 0 atom stereocenters.